The number of methoxy groups -OCH3 is 1. The molecule has 2 aromatic rings. The smallest absolute Gasteiger partial charge is 0.142 e. The van der Waals surface area contributed by atoms with Crippen LogP contribution in [0, 0.1) is 5.82 Å². The predicted molar refractivity (Wildman–Crippen MR) is 63.4 cm³/mol. The molecule has 0 unspecified atom stereocenters. The minimum Gasteiger partial charge on any atom is -0.497 e. The lowest BCUT2D eigenvalue weighted by molar-refractivity contribution is 0.415. The van der Waals surface area contributed by atoms with Crippen LogP contribution in [0.1, 0.15) is 0 Å². The van der Waals surface area contributed by atoms with E-state index in [9.17, 15) is 4.39 Å². The maximum atomic E-state index is 13.3. The van der Waals surface area contributed by atoms with Gasteiger partial charge >= 0.3 is 0 Å². The Balaban J connectivity index is 2.54. The first-order valence-corrected chi connectivity index (χ1v) is 5.18. The van der Waals surface area contributed by atoms with Crippen LogP contribution in [-0.2, 0) is 0 Å². The quantitative estimate of drug-likeness (QED) is 0.761. The van der Waals surface area contributed by atoms with Crippen molar-refractivity contribution in [2.75, 3.05) is 7.11 Å². The zero-order valence-electron chi connectivity index (χ0n) is 8.71. The Bertz CT molecular complexity index is 511. The molecule has 1 nitrogen and oxygen atoms in total. The Hall–Kier alpha value is -1.54. The highest BCUT2D eigenvalue weighted by atomic mass is 35.5. The van der Waals surface area contributed by atoms with Crippen molar-refractivity contribution >= 4 is 11.6 Å². The molecule has 0 fully saturated rings. The fourth-order valence-electron chi connectivity index (χ4n) is 1.52. The van der Waals surface area contributed by atoms with Crippen LogP contribution < -0.4 is 4.74 Å². The molecule has 2 aromatic carbocycles. The first-order chi connectivity index (χ1) is 7.72. The summed E-state index contributed by atoms with van der Waals surface area (Å²) in [5.41, 5.74) is 1.50. The average Bonchev–Trinajstić information content (AvgIpc) is 2.33. The van der Waals surface area contributed by atoms with E-state index in [0.29, 0.717) is 5.56 Å². The van der Waals surface area contributed by atoms with Crippen molar-refractivity contribution in [3.05, 3.63) is 53.3 Å². The molecule has 0 radical (unpaired) electrons. The fraction of sp³-hybridized carbons (Fsp3) is 0.0769. The highest BCUT2D eigenvalue weighted by Gasteiger charge is 2.08. The Morgan fingerprint density at radius 1 is 1.12 bits per heavy atom. The van der Waals surface area contributed by atoms with Crippen LogP contribution in [0.25, 0.3) is 11.1 Å². The van der Waals surface area contributed by atoms with Crippen LogP contribution in [0.5, 0.6) is 5.75 Å². The van der Waals surface area contributed by atoms with E-state index < -0.39 is 5.82 Å². The lowest BCUT2D eigenvalue weighted by Gasteiger charge is -2.07. The molecular formula is C13H10ClFO. The second-order valence-corrected chi connectivity index (χ2v) is 3.71. The molecule has 0 atom stereocenters. The highest BCUT2D eigenvalue weighted by molar-refractivity contribution is 6.33. The molecule has 3 heteroatoms. The van der Waals surface area contributed by atoms with Gasteiger partial charge < -0.3 is 4.74 Å². The molecule has 0 aliphatic rings. The van der Waals surface area contributed by atoms with E-state index in [0.717, 1.165) is 11.3 Å². The largest absolute Gasteiger partial charge is 0.497 e. The zero-order chi connectivity index (χ0) is 11.5. The van der Waals surface area contributed by atoms with Gasteiger partial charge in [0.1, 0.15) is 11.6 Å². The second-order valence-electron chi connectivity index (χ2n) is 3.33. The van der Waals surface area contributed by atoms with E-state index in [1.165, 1.54) is 6.07 Å². The van der Waals surface area contributed by atoms with Crippen molar-refractivity contribution in [2.24, 2.45) is 0 Å². The molecule has 0 saturated heterocycles. The van der Waals surface area contributed by atoms with Crippen molar-refractivity contribution in [1.82, 2.24) is 0 Å². The van der Waals surface area contributed by atoms with Gasteiger partial charge in [-0.1, -0.05) is 35.9 Å². The van der Waals surface area contributed by atoms with Gasteiger partial charge in [0, 0.05) is 5.56 Å². The third-order valence-electron chi connectivity index (χ3n) is 2.33. The van der Waals surface area contributed by atoms with Gasteiger partial charge in [0.15, 0.2) is 0 Å². The van der Waals surface area contributed by atoms with Gasteiger partial charge in [0.05, 0.1) is 12.1 Å². The van der Waals surface area contributed by atoms with E-state index in [1.54, 1.807) is 19.2 Å². The first kappa shape index (κ1) is 11.0. The number of hydrogen-bond donors (Lipinski definition) is 0. The number of rotatable bonds is 2. The van der Waals surface area contributed by atoms with Crippen LogP contribution in [0.2, 0.25) is 5.02 Å². The summed E-state index contributed by atoms with van der Waals surface area (Å²) >= 11 is 5.91. The van der Waals surface area contributed by atoms with E-state index in [-0.39, 0.29) is 5.02 Å². The summed E-state index contributed by atoms with van der Waals surface area (Å²) in [4.78, 5) is 0. The van der Waals surface area contributed by atoms with Crippen LogP contribution in [-0.4, -0.2) is 7.11 Å². The van der Waals surface area contributed by atoms with Crippen LogP contribution in [0.15, 0.2) is 42.5 Å². The van der Waals surface area contributed by atoms with Crippen LogP contribution in [0.4, 0.5) is 4.39 Å². The predicted octanol–water partition coefficient (Wildman–Crippen LogP) is 4.15. The fourth-order valence-corrected chi connectivity index (χ4v) is 1.75. The Kier molecular flexibility index (Phi) is 3.11. The molecule has 0 heterocycles. The van der Waals surface area contributed by atoms with Crippen molar-refractivity contribution in [1.29, 1.82) is 0 Å². The molecule has 16 heavy (non-hydrogen) atoms. The van der Waals surface area contributed by atoms with Crippen LogP contribution in [0.3, 0.4) is 0 Å². The van der Waals surface area contributed by atoms with Crippen molar-refractivity contribution in [3.8, 4) is 16.9 Å². The Morgan fingerprint density at radius 2 is 1.88 bits per heavy atom. The maximum Gasteiger partial charge on any atom is 0.142 e. The molecule has 82 valence electrons. The monoisotopic (exact) mass is 236 g/mol. The third-order valence-corrected chi connectivity index (χ3v) is 2.72. The number of benzene rings is 2. The van der Waals surface area contributed by atoms with E-state index in [2.05, 4.69) is 0 Å². The topological polar surface area (TPSA) is 9.23 Å². The molecule has 0 saturated carbocycles. The molecule has 0 N–H and O–H groups in total. The van der Waals surface area contributed by atoms with Crippen molar-refractivity contribution in [3.63, 3.8) is 0 Å². The molecule has 0 aliphatic heterocycles. The van der Waals surface area contributed by atoms with E-state index in [4.69, 9.17) is 16.3 Å². The molecule has 0 bridgehead atoms. The summed E-state index contributed by atoms with van der Waals surface area (Å²) in [6.45, 7) is 0. The van der Waals surface area contributed by atoms with Crippen LogP contribution >= 0.6 is 11.6 Å². The zero-order valence-corrected chi connectivity index (χ0v) is 9.46. The summed E-state index contributed by atoms with van der Waals surface area (Å²) < 4.78 is 18.4. The van der Waals surface area contributed by atoms with Gasteiger partial charge in [-0.2, -0.15) is 0 Å². The van der Waals surface area contributed by atoms with Gasteiger partial charge in [0.25, 0.3) is 0 Å². The lowest BCUT2D eigenvalue weighted by atomic mass is 10.1. The average molecular weight is 237 g/mol. The maximum absolute atomic E-state index is 13.3. The summed E-state index contributed by atoms with van der Waals surface area (Å²) in [5, 5.41) is 0.135. The van der Waals surface area contributed by atoms with Crippen molar-refractivity contribution < 1.29 is 9.13 Å². The van der Waals surface area contributed by atoms with Gasteiger partial charge in [-0.3, -0.25) is 0 Å². The molecule has 0 spiro atoms. The second kappa shape index (κ2) is 4.54. The number of halogens is 2. The first-order valence-electron chi connectivity index (χ1n) is 4.81. The molecular weight excluding hydrogens is 227 g/mol. The highest BCUT2D eigenvalue weighted by Crippen LogP contribution is 2.31. The van der Waals surface area contributed by atoms with Gasteiger partial charge in [-0.05, 0) is 23.8 Å². The van der Waals surface area contributed by atoms with Gasteiger partial charge in [-0.15, -0.1) is 0 Å². The van der Waals surface area contributed by atoms with Gasteiger partial charge in [-0.25, -0.2) is 4.39 Å². The minimum atomic E-state index is -0.415. The number of ether oxygens (including phenoxy) is 1. The molecule has 0 amide bonds. The SMILES string of the molecule is COc1cccc(-c2cccc(F)c2Cl)c1. The van der Waals surface area contributed by atoms with Crippen molar-refractivity contribution in [2.45, 2.75) is 0 Å². The summed E-state index contributed by atoms with van der Waals surface area (Å²) in [7, 11) is 1.59. The summed E-state index contributed by atoms with van der Waals surface area (Å²) in [6.07, 6.45) is 0. The van der Waals surface area contributed by atoms with Gasteiger partial charge in [0.2, 0.25) is 0 Å². The summed E-state index contributed by atoms with van der Waals surface area (Å²) in [5.74, 6) is 0.305. The third kappa shape index (κ3) is 2.02. The normalized spacial score (nSPS) is 10.2. The van der Waals surface area contributed by atoms with E-state index in [1.807, 2.05) is 24.3 Å². The Labute approximate surface area is 98.4 Å². The minimum absolute atomic E-state index is 0.135. The standard InChI is InChI=1S/C13H10ClFO/c1-16-10-5-2-4-9(8-10)11-6-3-7-12(15)13(11)14/h2-8H,1H3. The van der Waals surface area contributed by atoms with E-state index >= 15 is 0 Å². The molecule has 0 aliphatic carbocycles. The summed E-state index contributed by atoms with van der Waals surface area (Å²) in [6, 6.07) is 12.1. The molecule has 0 aromatic heterocycles. The lowest BCUT2D eigenvalue weighted by Crippen LogP contribution is -1.86. The Morgan fingerprint density at radius 3 is 2.62 bits per heavy atom. The molecule has 2 rings (SSSR count). The number of hydrogen-bond acceptors (Lipinski definition) is 1.